The molecule has 5 nitrogen and oxygen atoms in total. The van der Waals surface area contributed by atoms with E-state index in [2.05, 4.69) is 0 Å². The van der Waals surface area contributed by atoms with E-state index in [0.717, 1.165) is 5.56 Å². The Balaban J connectivity index is 2.19. The molecule has 0 saturated heterocycles. The molecule has 2 aromatic rings. The molecule has 0 aliphatic rings. The molecule has 0 bridgehead atoms. The Labute approximate surface area is 110 Å². The number of rotatable bonds is 4. The zero-order valence-electron chi connectivity index (χ0n) is 10.5. The predicted octanol–water partition coefficient (Wildman–Crippen LogP) is 3.06. The van der Waals surface area contributed by atoms with Crippen molar-refractivity contribution in [3.63, 3.8) is 0 Å². The maximum absolute atomic E-state index is 10.8. The van der Waals surface area contributed by atoms with Crippen LogP contribution in [-0.4, -0.2) is 4.92 Å². The van der Waals surface area contributed by atoms with Gasteiger partial charge in [-0.25, -0.2) is 0 Å². The third kappa shape index (κ3) is 2.82. The number of nitrogen functional groups attached to an aromatic ring is 1. The van der Waals surface area contributed by atoms with Crippen LogP contribution in [0, 0.1) is 17.0 Å². The zero-order chi connectivity index (χ0) is 13.8. The molecule has 0 aromatic heterocycles. The van der Waals surface area contributed by atoms with Crippen LogP contribution in [0.2, 0.25) is 0 Å². The Hall–Kier alpha value is -2.56. The van der Waals surface area contributed by atoms with Crippen molar-refractivity contribution in [2.75, 3.05) is 5.73 Å². The van der Waals surface area contributed by atoms with Gasteiger partial charge in [0.05, 0.1) is 10.6 Å². The van der Waals surface area contributed by atoms with Crippen molar-refractivity contribution >= 4 is 11.4 Å². The Bertz CT molecular complexity index is 611. The lowest BCUT2D eigenvalue weighted by molar-refractivity contribution is -0.385. The van der Waals surface area contributed by atoms with Gasteiger partial charge in [-0.1, -0.05) is 24.3 Å². The molecular weight excluding hydrogens is 244 g/mol. The fraction of sp³-hybridized carbons (Fsp3) is 0.143. The average molecular weight is 258 g/mol. The van der Waals surface area contributed by atoms with Crippen LogP contribution in [0.1, 0.15) is 11.1 Å². The number of ether oxygens (including phenoxy) is 1. The van der Waals surface area contributed by atoms with Gasteiger partial charge in [0.15, 0.2) is 0 Å². The third-order valence-corrected chi connectivity index (χ3v) is 2.92. The first-order valence-electron chi connectivity index (χ1n) is 5.80. The highest BCUT2D eigenvalue weighted by Gasteiger charge is 2.13. The lowest BCUT2D eigenvalue weighted by Crippen LogP contribution is -2.02. The molecule has 0 aliphatic heterocycles. The summed E-state index contributed by atoms with van der Waals surface area (Å²) in [5, 5.41) is 10.8. The summed E-state index contributed by atoms with van der Waals surface area (Å²) in [6.45, 7) is 1.97. The molecule has 0 unspecified atom stereocenters. The quantitative estimate of drug-likeness (QED) is 0.519. The van der Waals surface area contributed by atoms with Gasteiger partial charge in [-0.05, 0) is 24.6 Å². The summed E-state index contributed by atoms with van der Waals surface area (Å²) in [4.78, 5) is 10.5. The number of nitrogens with two attached hydrogens (primary N) is 1. The third-order valence-electron chi connectivity index (χ3n) is 2.92. The standard InChI is InChI=1S/C14H14N2O3/c1-10-11(5-4-7-13(10)16(17)18)9-19-14-8-3-2-6-12(14)15/h2-8H,9,15H2,1H3. The molecule has 0 saturated carbocycles. The van der Waals surface area contributed by atoms with Gasteiger partial charge in [-0.15, -0.1) is 0 Å². The fourth-order valence-electron chi connectivity index (χ4n) is 1.79. The van der Waals surface area contributed by atoms with Crippen LogP contribution in [0.15, 0.2) is 42.5 Å². The molecule has 0 atom stereocenters. The monoisotopic (exact) mass is 258 g/mol. The number of nitrogens with zero attached hydrogens (tertiary/aromatic N) is 1. The number of benzene rings is 2. The van der Waals surface area contributed by atoms with Crippen molar-refractivity contribution in [3.05, 3.63) is 63.7 Å². The topological polar surface area (TPSA) is 78.4 Å². The largest absolute Gasteiger partial charge is 0.487 e. The number of hydrogen-bond donors (Lipinski definition) is 1. The van der Waals surface area contributed by atoms with Crippen LogP contribution in [-0.2, 0) is 6.61 Å². The molecule has 5 heteroatoms. The lowest BCUT2D eigenvalue weighted by atomic mass is 10.1. The predicted molar refractivity (Wildman–Crippen MR) is 73.0 cm³/mol. The van der Waals surface area contributed by atoms with Gasteiger partial charge >= 0.3 is 0 Å². The highest BCUT2D eigenvalue weighted by molar-refractivity contribution is 5.52. The molecule has 2 rings (SSSR count). The van der Waals surface area contributed by atoms with E-state index in [1.165, 1.54) is 6.07 Å². The van der Waals surface area contributed by atoms with Crippen LogP contribution >= 0.6 is 0 Å². The summed E-state index contributed by atoms with van der Waals surface area (Å²) < 4.78 is 5.59. The van der Waals surface area contributed by atoms with E-state index in [9.17, 15) is 10.1 Å². The minimum atomic E-state index is -0.393. The maximum Gasteiger partial charge on any atom is 0.272 e. The number of nitro benzene ring substituents is 1. The molecule has 0 heterocycles. The summed E-state index contributed by atoms with van der Waals surface area (Å²) in [6.07, 6.45) is 0. The van der Waals surface area contributed by atoms with Crippen LogP contribution in [0.3, 0.4) is 0 Å². The van der Waals surface area contributed by atoms with Crippen molar-refractivity contribution in [1.29, 1.82) is 0 Å². The molecule has 0 radical (unpaired) electrons. The van der Waals surface area contributed by atoms with E-state index >= 15 is 0 Å². The van der Waals surface area contributed by atoms with E-state index in [4.69, 9.17) is 10.5 Å². The van der Waals surface area contributed by atoms with Gasteiger partial charge in [0.1, 0.15) is 12.4 Å². The summed E-state index contributed by atoms with van der Waals surface area (Å²) in [6, 6.07) is 12.1. The molecule has 0 spiro atoms. The first-order chi connectivity index (χ1) is 9.09. The summed E-state index contributed by atoms with van der Waals surface area (Å²) in [5.41, 5.74) is 7.80. The minimum Gasteiger partial charge on any atom is -0.487 e. The average Bonchev–Trinajstić information content (AvgIpc) is 2.39. The Kier molecular flexibility index (Phi) is 3.66. The summed E-state index contributed by atoms with van der Waals surface area (Å²) in [5.74, 6) is 0.577. The van der Waals surface area contributed by atoms with Gasteiger partial charge in [0.2, 0.25) is 0 Å². The smallest absolute Gasteiger partial charge is 0.272 e. The Morgan fingerprint density at radius 3 is 2.63 bits per heavy atom. The van der Waals surface area contributed by atoms with Crippen LogP contribution < -0.4 is 10.5 Å². The van der Waals surface area contributed by atoms with Gasteiger partial charge < -0.3 is 10.5 Å². The van der Waals surface area contributed by atoms with Gasteiger partial charge in [0, 0.05) is 11.6 Å². The molecule has 2 N–H and O–H groups in total. The van der Waals surface area contributed by atoms with Crippen molar-refractivity contribution in [1.82, 2.24) is 0 Å². The molecule has 19 heavy (non-hydrogen) atoms. The molecule has 0 fully saturated rings. The normalized spacial score (nSPS) is 10.2. The van der Waals surface area contributed by atoms with E-state index in [0.29, 0.717) is 17.0 Å². The Morgan fingerprint density at radius 2 is 1.95 bits per heavy atom. The van der Waals surface area contributed by atoms with Crippen molar-refractivity contribution < 1.29 is 9.66 Å². The van der Waals surface area contributed by atoms with E-state index in [1.54, 1.807) is 25.1 Å². The highest BCUT2D eigenvalue weighted by Crippen LogP contribution is 2.24. The second kappa shape index (κ2) is 5.39. The van der Waals surface area contributed by atoms with E-state index in [1.807, 2.05) is 18.2 Å². The molecule has 0 amide bonds. The number of hydrogen-bond acceptors (Lipinski definition) is 4. The minimum absolute atomic E-state index is 0.0992. The number of para-hydroxylation sites is 2. The molecule has 98 valence electrons. The van der Waals surface area contributed by atoms with Crippen molar-refractivity contribution in [2.45, 2.75) is 13.5 Å². The number of nitro groups is 1. The second-order valence-corrected chi connectivity index (χ2v) is 4.14. The lowest BCUT2D eigenvalue weighted by Gasteiger charge is -2.10. The first kappa shape index (κ1) is 12.9. The summed E-state index contributed by atoms with van der Waals surface area (Å²) in [7, 11) is 0. The molecular formula is C14H14N2O3. The Morgan fingerprint density at radius 1 is 1.21 bits per heavy atom. The molecule has 0 aliphatic carbocycles. The van der Waals surface area contributed by atoms with E-state index in [-0.39, 0.29) is 12.3 Å². The van der Waals surface area contributed by atoms with Gasteiger partial charge in [-0.3, -0.25) is 10.1 Å². The van der Waals surface area contributed by atoms with Crippen LogP contribution in [0.5, 0.6) is 5.75 Å². The van der Waals surface area contributed by atoms with E-state index < -0.39 is 4.92 Å². The van der Waals surface area contributed by atoms with Gasteiger partial charge in [-0.2, -0.15) is 0 Å². The van der Waals surface area contributed by atoms with Crippen LogP contribution in [0.4, 0.5) is 11.4 Å². The highest BCUT2D eigenvalue weighted by atomic mass is 16.6. The maximum atomic E-state index is 10.8. The van der Waals surface area contributed by atoms with Gasteiger partial charge in [0.25, 0.3) is 5.69 Å². The van der Waals surface area contributed by atoms with Crippen molar-refractivity contribution in [2.24, 2.45) is 0 Å². The fourth-order valence-corrected chi connectivity index (χ4v) is 1.79. The summed E-state index contributed by atoms with van der Waals surface area (Å²) >= 11 is 0. The van der Waals surface area contributed by atoms with Crippen molar-refractivity contribution in [3.8, 4) is 5.75 Å². The second-order valence-electron chi connectivity index (χ2n) is 4.14. The first-order valence-corrected chi connectivity index (χ1v) is 5.80. The SMILES string of the molecule is Cc1c(COc2ccccc2N)cccc1[N+](=O)[O-]. The van der Waals surface area contributed by atoms with Crippen LogP contribution in [0.25, 0.3) is 0 Å². The molecule has 2 aromatic carbocycles. The zero-order valence-corrected chi connectivity index (χ0v) is 10.5. The number of anilines is 1.